The van der Waals surface area contributed by atoms with Crippen molar-refractivity contribution in [2.24, 2.45) is 5.16 Å². The highest BCUT2D eigenvalue weighted by Crippen LogP contribution is 2.24. The maximum atomic E-state index is 12.6. The van der Waals surface area contributed by atoms with E-state index >= 15 is 0 Å². The summed E-state index contributed by atoms with van der Waals surface area (Å²) in [6.45, 7) is 0.436. The average molecular weight is 494 g/mol. The molecule has 0 aliphatic carbocycles. The van der Waals surface area contributed by atoms with Crippen LogP contribution in [0.15, 0.2) is 64.4 Å². The fraction of sp³-hybridized carbons (Fsp3) is 0.150. The van der Waals surface area contributed by atoms with E-state index in [2.05, 4.69) is 31.5 Å². The number of benzene rings is 2. The fourth-order valence-electron chi connectivity index (χ4n) is 2.92. The summed E-state index contributed by atoms with van der Waals surface area (Å²) < 4.78 is 2.55. The molecule has 1 aliphatic heterocycles. The zero-order valence-corrected chi connectivity index (χ0v) is 18.1. The van der Waals surface area contributed by atoms with Gasteiger partial charge in [0.25, 0.3) is 5.91 Å². The van der Waals surface area contributed by atoms with Gasteiger partial charge in [0.15, 0.2) is 5.82 Å². The fourth-order valence-corrected chi connectivity index (χ4v) is 3.71. The summed E-state index contributed by atoms with van der Waals surface area (Å²) in [7, 11) is 0. The van der Waals surface area contributed by atoms with E-state index in [1.807, 2.05) is 48.5 Å². The van der Waals surface area contributed by atoms with Gasteiger partial charge in [-0.15, -0.1) is 0 Å². The van der Waals surface area contributed by atoms with Crippen LogP contribution in [-0.2, 0) is 16.2 Å². The molecule has 29 heavy (non-hydrogen) atoms. The number of carbonyl (C=O) groups excluding carboxylic acids is 1. The Bertz CT molecular complexity index is 1100. The predicted molar refractivity (Wildman–Crippen MR) is 117 cm³/mol. The summed E-state index contributed by atoms with van der Waals surface area (Å²) in [5, 5.41) is 12.1. The number of halogens is 3. The number of anilines is 1. The minimum atomic E-state index is -0.742. The highest BCUT2D eigenvalue weighted by Gasteiger charge is 2.30. The van der Waals surface area contributed by atoms with Crippen molar-refractivity contribution in [2.45, 2.75) is 19.1 Å². The van der Waals surface area contributed by atoms with Crippen molar-refractivity contribution in [2.75, 3.05) is 5.32 Å². The summed E-state index contributed by atoms with van der Waals surface area (Å²) in [4.78, 5) is 17.9. The largest absolute Gasteiger partial charge is 0.382 e. The lowest BCUT2D eigenvalue weighted by Crippen LogP contribution is -2.28. The number of hydrogen-bond acceptors (Lipinski definition) is 4. The number of oxime groups is 1. The third-order valence-electron chi connectivity index (χ3n) is 4.37. The molecule has 1 N–H and O–H groups in total. The molecule has 4 rings (SSSR count). The Kier molecular flexibility index (Phi) is 5.89. The molecule has 0 spiro atoms. The van der Waals surface area contributed by atoms with Gasteiger partial charge in [0, 0.05) is 27.7 Å². The molecule has 2 heterocycles. The molecule has 0 bridgehead atoms. The Balaban J connectivity index is 1.40. The standard InChI is InChI=1S/C20H15BrCl2N4O2/c21-14-6-3-5-12(8-14)17-9-18(29-26-17)20(28)24-19-16(23)11-27(25-19)10-13-4-1-2-7-15(13)22/h1-8,11,18H,9-10H2,(H,24,25,28). The van der Waals surface area contributed by atoms with Crippen molar-refractivity contribution < 1.29 is 9.63 Å². The van der Waals surface area contributed by atoms with E-state index < -0.39 is 6.10 Å². The SMILES string of the molecule is O=C(Nc1nn(Cc2ccccc2Cl)cc1Cl)C1CC(c2cccc(Br)c2)=NO1. The Morgan fingerprint density at radius 3 is 2.83 bits per heavy atom. The van der Waals surface area contributed by atoms with Gasteiger partial charge in [-0.05, 0) is 23.8 Å². The van der Waals surface area contributed by atoms with Crippen molar-refractivity contribution in [3.8, 4) is 0 Å². The second kappa shape index (κ2) is 8.57. The van der Waals surface area contributed by atoms with Gasteiger partial charge in [-0.3, -0.25) is 9.48 Å². The van der Waals surface area contributed by atoms with E-state index in [1.165, 1.54) is 0 Å². The zero-order valence-electron chi connectivity index (χ0n) is 15.0. The molecule has 1 atom stereocenters. The van der Waals surface area contributed by atoms with Gasteiger partial charge in [-0.1, -0.05) is 74.6 Å². The highest BCUT2D eigenvalue weighted by molar-refractivity contribution is 9.10. The number of nitrogens with one attached hydrogen (secondary N) is 1. The number of hydrogen-bond donors (Lipinski definition) is 1. The lowest BCUT2D eigenvalue weighted by atomic mass is 10.0. The molecule has 9 heteroatoms. The maximum Gasteiger partial charge on any atom is 0.269 e. The molecule has 3 aromatic rings. The maximum absolute atomic E-state index is 12.6. The number of rotatable bonds is 5. The average Bonchev–Trinajstić information content (AvgIpc) is 3.31. The van der Waals surface area contributed by atoms with E-state index in [9.17, 15) is 4.79 Å². The van der Waals surface area contributed by atoms with Crippen LogP contribution in [-0.4, -0.2) is 27.5 Å². The first kappa shape index (κ1) is 19.9. The van der Waals surface area contributed by atoms with Gasteiger partial charge < -0.3 is 10.2 Å². The van der Waals surface area contributed by atoms with Gasteiger partial charge >= 0.3 is 0 Å². The molecule has 148 valence electrons. The number of carbonyl (C=O) groups is 1. The third-order valence-corrected chi connectivity index (χ3v) is 5.51. The van der Waals surface area contributed by atoms with E-state index in [-0.39, 0.29) is 11.7 Å². The lowest BCUT2D eigenvalue weighted by molar-refractivity contribution is -0.125. The van der Waals surface area contributed by atoms with Gasteiger partial charge in [0.2, 0.25) is 6.10 Å². The molecule has 1 aromatic heterocycles. The molecule has 6 nitrogen and oxygen atoms in total. The van der Waals surface area contributed by atoms with Crippen molar-refractivity contribution in [1.82, 2.24) is 9.78 Å². The van der Waals surface area contributed by atoms with E-state index in [1.54, 1.807) is 10.9 Å². The summed E-state index contributed by atoms with van der Waals surface area (Å²) in [5.41, 5.74) is 2.51. The summed E-state index contributed by atoms with van der Waals surface area (Å²) in [6, 6.07) is 15.1. The van der Waals surface area contributed by atoms with Crippen LogP contribution in [0.5, 0.6) is 0 Å². The first-order chi connectivity index (χ1) is 14.0. The first-order valence-electron chi connectivity index (χ1n) is 8.75. The van der Waals surface area contributed by atoms with Gasteiger partial charge in [0.05, 0.1) is 12.3 Å². The summed E-state index contributed by atoms with van der Waals surface area (Å²) in [6.07, 6.45) is 1.26. The van der Waals surface area contributed by atoms with Crippen molar-refractivity contribution in [3.05, 3.63) is 80.4 Å². The second-order valence-electron chi connectivity index (χ2n) is 6.45. The van der Waals surface area contributed by atoms with Crippen molar-refractivity contribution in [1.29, 1.82) is 0 Å². The first-order valence-corrected chi connectivity index (χ1v) is 10.3. The van der Waals surface area contributed by atoms with Gasteiger partial charge in [-0.25, -0.2) is 0 Å². The molecule has 0 saturated heterocycles. The van der Waals surface area contributed by atoms with E-state index in [0.717, 1.165) is 15.6 Å². The second-order valence-corrected chi connectivity index (χ2v) is 8.18. The Morgan fingerprint density at radius 1 is 1.21 bits per heavy atom. The smallest absolute Gasteiger partial charge is 0.269 e. The van der Waals surface area contributed by atoms with Crippen LogP contribution in [0.2, 0.25) is 10.0 Å². The molecular formula is C20H15BrCl2N4O2. The zero-order chi connectivity index (χ0) is 20.4. The summed E-state index contributed by atoms with van der Waals surface area (Å²) >= 11 is 15.9. The van der Waals surface area contributed by atoms with Crippen molar-refractivity contribution in [3.63, 3.8) is 0 Å². The Labute approximate surface area is 185 Å². The summed E-state index contributed by atoms with van der Waals surface area (Å²) in [5.74, 6) is -0.0909. The molecule has 0 fully saturated rings. The monoisotopic (exact) mass is 492 g/mol. The van der Waals surface area contributed by atoms with Crippen LogP contribution in [0.25, 0.3) is 0 Å². The van der Waals surface area contributed by atoms with E-state index in [4.69, 9.17) is 28.0 Å². The van der Waals surface area contributed by atoms with Crippen LogP contribution in [0.4, 0.5) is 5.82 Å². The van der Waals surface area contributed by atoms with Crippen LogP contribution < -0.4 is 5.32 Å². The van der Waals surface area contributed by atoms with Crippen LogP contribution in [0, 0.1) is 0 Å². The Hall–Kier alpha value is -2.35. The molecule has 1 unspecified atom stereocenters. The third kappa shape index (κ3) is 4.63. The number of amides is 1. The quantitative estimate of drug-likeness (QED) is 0.535. The minimum absolute atomic E-state index is 0.267. The molecule has 1 aliphatic rings. The number of aromatic nitrogens is 2. The van der Waals surface area contributed by atoms with E-state index in [0.29, 0.717) is 28.7 Å². The lowest BCUT2D eigenvalue weighted by Gasteiger charge is -2.08. The molecule has 2 aromatic carbocycles. The predicted octanol–water partition coefficient (Wildman–Crippen LogP) is 5.13. The van der Waals surface area contributed by atoms with Gasteiger partial charge in [0.1, 0.15) is 5.02 Å². The van der Waals surface area contributed by atoms with Crippen LogP contribution in [0.3, 0.4) is 0 Å². The van der Waals surface area contributed by atoms with Crippen LogP contribution >= 0.6 is 39.1 Å². The van der Waals surface area contributed by atoms with Crippen molar-refractivity contribution >= 4 is 56.6 Å². The normalized spacial score (nSPS) is 15.7. The Morgan fingerprint density at radius 2 is 2.03 bits per heavy atom. The molecular weight excluding hydrogens is 479 g/mol. The molecule has 1 amide bonds. The van der Waals surface area contributed by atoms with Gasteiger partial charge in [-0.2, -0.15) is 5.10 Å². The van der Waals surface area contributed by atoms with Crippen LogP contribution in [0.1, 0.15) is 17.5 Å². The molecule has 0 radical (unpaired) electrons. The molecule has 0 saturated carbocycles. The minimum Gasteiger partial charge on any atom is -0.382 e. The topological polar surface area (TPSA) is 68.5 Å². The number of nitrogens with zero attached hydrogens (tertiary/aromatic N) is 3. The highest BCUT2D eigenvalue weighted by atomic mass is 79.9.